The molecule has 0 radical (unpaired) electrons. The molecular formula is C10H13NO3. The standard InChI is InChI=1S/C10H13NO3/c1-3-7-9(10(13)14-4-2)8(12)5-6-11-7/h5-6H,3-4H2,1-2H3,(H,11,12). The third kappa shape index (κ3) is 2.02. The minimum Gasteiger partial charge on any atom is -0.462 e. The van der Waals surface area contributed by atoms with Gasteiger partial charge in [-0.05, 0) is 13.3 Å². The van der Waals surface area contributed by atoms with Gasteiger partial charge in [0.05, 0.1) is 6.61 Å². The van der Waals surface area contributed by atoms with Crippen LogP contribution in [0.1, 0.15) is 29.9 Å². The summed E-state index contributed by atoms with van der Waals surface area (Å²) in [6.07, 6.45) is 2.13. The third-order valence-corrected chi connectivity index (χ3v) is 1.87. The van der Waals surface area contributed by atoms with Gasteiger partial charge in [-0.2, -0.15) is 0 Å². The summed E-state index contributed by atoms with van der Waals surface area (Å²) in [5.41, 5.74) is 0.451. The van der Waals surface area contributed by atoms with Gasteiger partial charge in [0.2, 0.25) is 0 Å². The average Bonchev–Trinajstić information content (AvgIpc) is 2.17. The van der Waals surface area contributed by atoms with Crippen LogP contribution in [0.5, 0.6) is 0 Å². The summed E-state index contributed by atoms with van der Waals surface area (Å²) in [5, 5.41) is 0. The number of esters is 1. The zero-order chi connectivity index (χ0) is 10.6. The van der Waals surface area contributed by atoms with Gasteiger partial charge < -0.3 is 9.72 Å². The molecular weight excluding hydrogens is 182 g/mol. The number of rotatable bonds is 3. The third-order valence-electron chi connectivity index (χ3n) is 1.87. The second-order valence-electron chi connectivity index (χ2n) is 2.77. The van der Waals surface area contributed by atoms with Crippen molar-refractivity contribution in [2.24, 2.45) is 0 Å². The molecule has 0 atom stereocenters. The first kappa shape index (κ1) is 10.5. The van der Waals surface area contributed by atoms with E-state index in [1.165, 1.54) is 12.3 Å². The van der Waals surface area contributed by atoms with Gasteiger partial charge in [0.15, 0.2) is 5.43 Å². The van der Waals surface area contributed by atoms with Crippen LogP contribution in [0.25, 0.3) is 0 Å². The highest BCUT2D eigenvalue weighted by Crippen LogP contribution is 2.02. The summed E-state index contributed by atoms with van der Waals surface area (Å²) in [6.45, 7) is 3.85. The van der Waals surface area contributed by atoms with E-state index in [0.717, 1.165) is 0 Å². The van der Waals surface area contributed by atoms with E-state index in [-0.39, 0.29) is 17.6 Å². The van der Waals surface area contributed by atoms with E-state index in [9.17, 15) is 9.59 Å². The Morgan fingerprint density at radius 3 is 2.79 bits per heavy atom. The summed E-state index contributed by atoms with van der Waals surface area (Å²) < 4.78 is 4.79. The van der Waals surface area contributed by atoms with Crippen LogP contribution in [0.2, 0.25) is 0 Å². The molecule has 0 spiro atoms. The molecule has 0 fully saturated rings. The van der Waals surface area contributed by atoms with Crippen LogP contribution < -0.4 is 5.43 Å². The maximum Gasteiger partial charge on any atom is 0.343 e. The van der Waals surface area contributed by atoms with Crippen molar-refractivity contribution >= 4 is 5.97 Å². The maximum atomic E-state index is 11.4. The maximum absolute atomic E-state index is 11.4. The predicted molar refractivity (Wildman–Crippen MR) is 52.4 cm³/mol. The number of pyridine rings is 1. The SMILES string of the molecule is CCOC(=O)c1c(CC)[nH]ccc1=O. The summed E-state index contributed by atoms with van der Waals surface area (Å²) >= 11 is 0. The highest BCUT2D eigenvalue weighted by molar-refractivity contribution is 5.90. The van der Waals surface area contributed by atoms with Gasteiger partial charge >= 0.3 is 5.97 Å². The van der Waals surface area contributed by atoms with E-state index >= 15 is 0 Å². The van der Waals surface area contributed by atoms with E-state index in [2.05, 4.69) is 4.98 Å². The molecule has 0 saturated carbocycles. The van der Waals surface area contributed by atoms with E-state index < -0.39 is 5.97 Å². The summed E-state index contributed by atoms with van der Waals surface area (Å²) in [7, 11) is 0. The molecule has 0 bridgehead atoms. The van der Waals surface area contributed by atoms with Gasteiger partial charge in [-0.25, -0.2) is 4.79 Å². The van der Waals surface area contributed by atoms with Gasteiger partial charge in [-0.15, -0.1) is 0 Å². The fourth-order valence-corrected chi connectivity index (χ4v) is 1.23. The van der Waals surface area contributed by atoms with Crippen molar-refractivity contribution in [3.8, 4) is 0 Å². The van der Waals surface area contributed by atoms with Crippen molar-refractivity contribution in [2.45, 2.75) is 20.3 Å². The molecule has 14 heavy (non-hydrogen) atoms. The van der Waals surface area contributed by atoms with Crippen LogP contribution >= 0.6 is 0 Å². The zero-order valence-corrected chi connectivity index (χ0v) is 8.29. The lowest BCUT2D eigenvalue weighted by atomic mass is 10.1. The van der Waals surface area contributed by atoms with Crippen LogP contribution in [-0.4, -0.2) is 17.6 Å². The number of aryl methyl sites for hydroxylation is 1. The van der Waals surface area contributed by atoms with E-state index in [1.54, 1.807) is 6.92 Å². The van der Waals surface area contributed by atoms with Gasteiger partial charge in [-0.3, -0.25) is 4.79 Å². The lowest BCUT2D eigenvalue weighted by molar-refractivity contribution is 0.0523. The smallest absolute Gasteiger partial charge is 0.343 e. The van der Waals surface area contributed by atoms with Crippen molar-refractivity contribution in [3.63, 3.8) is 0 Å². The van der Waals surface area contributed by atoms with Crippen molar-refractivity contribution < 1.29 is 9.53 Å². The molecule has 0 aromatic carbocycles. The van der Waals surface area contributed by atoms with Gasteiger partial charge in [0.1, 0.15) is 5.56 Å². The van der Waals surface area contributed by atoms with Gasteiger partial charge in [-0.1, -0.05) is 6.92 Å². The predicted octanol–water partition coefficient (Wildman–Crippen LogP) is 1.11. The number of carbonyl (C=O) groups excluding carboxylic acids is 1. The first-order valence-corrected chi connectivity index (χ1v) is 4.58. The van der Waals surface area contributed by atoms with Crippen molar-refractivity contribution in [1.29, 1.82) is 0 Å². The Morgan fingerprint density at radius 1 is 1.50 bits per heavy atom. The normalized spacial score (nSPS) is 9.86. The Bertz CT molecular complexity index is 381. The molecule has 0 aliphatic heterocycles. The Hall–Kier alpha value is -1.58. The number of ether oxygens (including phenoxy) is 1. The quantitative estimate of drug-likeness (QED) is 0.735. The average molecular weight is 195 g/mol. The van der Waals surface area contributed by atoms with Crippen LogP contribution in [-0.2, 0) is 11.2 Å². The molecule has 4 heteroatoms. The Balaban J connectivity index is 3.17. The molecule has 0 aliphatic rings. The second-order valence-corrected chi connectivity index (χ2v) is 2.77. The number of carbonyl (C=O) groups is 1. The molecule has 0 unspecified atom stereocenters. The molecule has 76 valence electrons. The number of aromatic nitrogens is 1. The number of hydrogen-bond acceptors (Lipinski definition) is 3. The molecule has 0 saturated heterocycles. The highest BCUT2D eigenvalue weighted by Gasteiger charge is 2.15. The first-order valence-electron chi connectivity index (χ1n) is 4.58. The lowest BCUT2D eigenvalue weighted by Gasteiger charge is -2.05. The van der Waals surface area contributed by atoms with E-state index in [4.69, 9.17) is 4.74 Å². The molecule has 0 aliphatic carbocycles. The Labute approximate surface area is 81.9 Å². The topological polar surface area (TPSA) is 59.2 Å². The highest BCUT2D eigenvalue weighted by atomic mass is 16.5. The number of H-pyrrole nitrogens is 1. The largest absolute Gasteiger partial charge is 0.462 e. The summed E-state index contributed by atoms with van der Waals surface area (Å²) in [5.74, 6) is -0.550. The molecule has 1 heterocycles. The molecule has 4 nitrogen and oxygen atoms in total. The Morgan fingerprint density at radius 2 is 2.21 bits per heavy atom. The summed E-state index contributed by atoms with van der Waals surface area (Å²) in [6, 6.07) is 1.32. The molecule has 1 N–H and O–H groups in total. The molecule has 1 rings (SSSR count). The number of aromatic amines is 1. The molecule has 1 aromatic rings. The monoisotopic (exact) mass is 195 g/mol. The fourth-order valence-electron chi connectivity index (χ4n) is 1.23. The van der Waals surface area contributed by atoms with Gasteiger partial charge in [0, 0.05) is 18.0 Å². The number of hydrogen-bond donors (Lipinski definition) is 1. The van der Waals surface area contributed by atoms with Gasteiger partial charge in [0.25, 0.3) is 0 Å². The van der Waals surface area contributed by atoms with Crippen LogP contribution in [0, 0.1) is 0 Å². The molecule has 0 amide bonds. The molecule has 1 aromatic heterocycles. The summed E-state index contributed by atoms with van der Waals surface area (Å²) in [4.78, 5) is 25.7. The minimum atomic E-state index is -0.550. The van der Waals surface area contributed by atoms with Crippen molar-refractivity contribution in [1.82, 2.24) is 4.98 Å². The lowest BCUT2D eigenvalue weighted by Crippen LogP contribution is -2.20. The number of nitrogens with one attached hydrogen (secondary N) is 1. The van der Waals surface area contributed by atoms with Crippen molar-refractivity contribution in [2.75, 3.05) is 6.61 Å². The fraction of sp³-hybridized carbons (Fsp3) is 0.400. The van der Waals surface area contributed by atoms with Crippen molar-refractivity contribution in [3.05, 3.63) is 33.7 Å². The second kappa shape index (κ2) is 4.60. The van der Waals surface area contributed by atoms with Crippen LogP contribution in [0.3, 0.4) is 0 Å². The van der Waals surface area contributed by atoms with Crippen LogP contribution in [0.15, 0.2) is 17.1 Å². The van der Waals surface area contributed by atoms with Crippen LogP contribution in [0.4, 0.5) is 0 Å². The minimum absolute atomic E-state index is 0.122. The van der Waals surface area contributed by atoms with E-state index in [0.29, 0.717) is 12.1 Å². The van der Waals surface area contributed by atoms with E-state index in [1.807, 2.05) is 6.92 Å². The zero-order valence-electron chi connectivity index (χ0n) is 8.29. The Kier molecular flexibility index (Phi) is 3.45. The first-order chi connectivity index (χ1) is 6.70.